The van der Waals surface area contributed by atoms with Crippen LogP contribution in [0, 0.1) is 0 Å². The van der Waals surface area contributed by atoms with Crippen molar-refractivity contribution >= 4 is 5.97 Å². The van der Waals surface area contributed by atoms with Crippen LogP contribution >= 0.6 is 0 Å². The van der Waals surface area contributed by atoms with E-state index >= 15 is 0 Å². The molecule has 0 heterocycles. The molecule has 0 saturated heterocycles. The van der Waals surface area contributed by atoms with Gasteiger partial charge in [-0.25, -0.2) is 0 Å². The van der Waals surface area contributed by atoms with Crippen molar-refractivity contribution in [3.63, 3.8) is 0 Å². The zero-order valence-electron chi connectivity index (χ0n) is 11.8. The van der Waals surface area contributed by atoms with Crippen molar-refractivity contribution in [2.45, 2.75) is 58.2 Å². The standard InChI is InChI=1S/C13H27NO4/c1-4-11(17-9-6-12(15)16)10-18-13(3,5-2)7-8-14/h11H,4-10,14H2,1-3H3,(H,15,16). The van der Waals surface area contributed by atoms with Crippen LogP contribution in [-0.4, -0.2) is 42.5 Å². The number of nitrogens with two attached hydrogens (primary N) is 1. The largest absolute Gasteiger partial charge is 0.481 e. The summed E-state index contributed by atoms with van der Waals surface area (Å²) in [5.41, 5.74) is 5.36. The summed E-state index contributed by atoms with van der Waals surface area (Å²) in [4.78, 5) is 10.4. The molecule has 18 heavy (non-hydrogen) atoms. The van der Waals surface area contributed by atoms with E-state index < -0.39 is 5.97 Å². The first-order valence-corrected chi connectivity index (χ1v) is 6.64. The molecule has 3 N–H and O–H groups in total. The van der Waals surface area contributed by atoms with E-state index in [1.54, 1.807) is 0 Å². The SMILES string of the molecule is CCC(COC(C)(CC)CCN)OCCC(=O)O. The Kier molecular flexibility index (Phi) is 8.97. The number of hydrogen-bond acceptors (Lipinski definition) is 4. The number of ether oxygens (including phenoxy) is 2. The highest BCUT2D eigenvalue weighted by Gasteiger charge is 2.23. The first-order chi connectivity index (χ1) is 8.47. The molecule has 0 amide bonds. The van der Waals surface area contributed by atoms with Gasteiger partial charge in [-0.15, -0.1) is 0 Å². The minimum atomic E-state index is -0.840. The molecule has 0 aromatic carbocycles. The third-order valence-corrected chi connectivity index (χ3v) is 3.16. The Bertz CT molecular complexity index is 235. The molecular formula is C13H27NO4. The molecule has 0 aliphatic heterocycles. The monoisotopic (exact) mass is 261 g/mol. The maximum absolute atomic E-state index is 10.4. The summed E-state index contributed by atoms with van der Waals surface area (Å²) in [5, 5.41) is 8.54. The molecule has 0 aromatic heterocycles. The molecular weight excluding hydrogens is 234 g/mol. The molecule has 0 bridgehead atoms. The normalized spacial score (nSPS) is 16.2. The summed E-state index contributed by atoms with van der Waals surface area (Å²) >= 11 is 0. The molecule has 0 spiro atoms. The fourth-order valence-corrected chi connectivity index (χ4v) is 1.55. The summed E-state index contributed by atoms with van der Waals surface area (Å²) in [6.07, 6.45) is 2.50. The average molecular weight is 261 g/mol. The molecule has 0 rings (SSSR count). The number of hydrogen-bond donors (Lipinski definition) is 2. The molecule has 5 nitrogen and oxygen atoms in total. The third-order valence-electron chi connectivity index (χ3n) is 3.16. The van der Waals surface area contributed by atoms with Crippen LogP contribution in [0.3, 0.4) is 0 Å². The van der Waals surface area contributed by atoms with Crippen molar-refractivity contribution < 1.29 is 19.4 Å². The van der Waals surface area contributed by atoms with Gasteiger partial charge in [-0.05, 0) is 32.7 Å². The minimum Gasteiger partial charge on any atom is -0.481 e. The Balaban J connectivity index is 4.00. The fourth-order valence-electron chi connectivity index (χ4n) is 1.55. The highest BCUT2D eigenvalue weighted by molar-refractivity contribution is 5.66. The molecule has 2 unspecified atom stereocenters. The predicted octanol–water partition coefficient (Wildman–Crippen LogP) is 1.79. The average Bonchev–Trinajstić information content (AvgIpc) is 2.33. The molecule has 0 aliphatic carbocycles. The molecule has 2 atom stereocenters. The van der Waals surface area contributed by atoms with E-state index in [0.717, 1.165) is 19.3 Å². The van der Waals surface area contributed by atoms with Crippen LogP contribution in [0.4, 0.5) is 0 Å². The van der Waals surface area contributed by atoms with Crippen molar-refractivity contribution in [1.82, 2.24) is 0 Å². The Morgan fingerprint density at radius 2 is 2.11 bits per heavy atom. The topological polar surface area (TPSA) is 81.8 Å². The van der Waals surface area contributed by atoms with E-state index in [0.29, 0.717) is 13.2 Å². The molecule has 108 valence electrons. The van der Waals surface area contributed by atoms with E-state index in [1.165, 1.54) is 0 Å². The van der Waals surface area contributed by atoms with Gasteiger partial charge in [-0.1, -0.05) is 13.8 Å². The van der Waals surface area contributed by atoms with Gasteiger partial charge in [0, 0.05) is 0 Å². The second-order valence-corrected chi connectivity index (χ2v) is 4.70. The highest BCUT2D eigenvalue weighted by Crippen LogP contribution is 2.20. The summed E-state index contributed by atoms with van der Waals surface area (Å²) in [6, 6.07) is 0. The highest BCUT2D eigenvalue weighted by atomic mass is 16.5. The summed E-state index contributed by atoms with van der Waals surface area (Å²) in [6.45, 7) is 7.44. The third kappa shape index (κ3) is 7.63. The van der Waals surface area contributed by atoms with E-state index in [4.69, 9.17) is 20.3 Å². The van der Waals surface area contributed by atoms with Crippen molar-refractivity contribution in [1.29, 1.82) is 0 Å². The summed E-state index contributed by atoms with van der Waals surface area (Å²) in [7, 11) is 0. The van der Waals surface area contributed by atoms with Gasteiger partial charge < -0.3 is 20.3 Å². The van der Waals surface area contributed by atoms with Crippen LogP contribution in [0.1, 0.15) is 46.5 Å². The first kappa shape index (κ1) is 17.4. The van der Waals surface area contributed by atoms with Crippen LogP contribution in [0.5, 0.6) is 0 Å². The number of aliphatic carboxylic acids is 1. The fraction of sp³-hybridized carbons (Fsp3) is 0.923. The quantitative estimate of drug-likeness (QED) is 0.592. The maximum atomic E-state index is 10.4. The van der Waals surface area contributed by atoms with Crippen molar-refractivity contribution in [3.05, 3.63) is 0 Å². The van der Waals surface area contributed by atoms with Crippen molar-refractivity contribution in [2.75, 3.05) is 19.8 Å². The lowest BCUT2D eigenvalue weighted by Crippen LogP contribution is -2.34. The van der Waals surface area contributed by atoms with Crippen molar-refractivity contribution in [2.24, 2.45) is 5.73 Å². The number of rotatable bonds is 11. The second kappa shape index (κ2) is 9.30. The smallest absolute Gasteiger partial charge is 0.305 e. The Labute approximate surface area is 110 Å². The van der Waals surface area contributed by atoms with Gasteiger partial charge in [0.25, 0.3) is 0 Å². The minimum absolute atomic E-state index is 0.0321. The number of carboxylic acid groups (broad SMARTS) is 1. The summed E-state index contributed by atoms with van der Waals surface area (Å²) in [5.74, 6) is -0.840. The van der Waals surface area contributed by atoms with Gasteiger partial charge >= 0.3 is 5.97 Å². The lowest BCUT2D eigenvalue weighted by Gasteiger charge is -2.30. The first-order valence-electron chi connectivity index (χ1n) is 6.64. The summed E-state index contributed by atoms with van der Waals surface area (Å²) < 4.78 is 11.4. The van der Waals surface area contributed by atoms with Crippen LogP contribution in [0.2, 0.25) is 0 Å². The van der Waals surface area contributed by atoms with E-state index in [-0.39, 0.29) is 24.7 Å². The molecule has 5 heteroatoms. The van der Waals surface area contributed by atoms with Gasteiger partial charge in [0.05, 0.1) is 31.3 Å². The maximum Gasteiger partial charge on any atom is 0.305 e. The van der Waals surface area contributed by atoms with Gasteiger partial charge in [0.1, 0.15) is 0 Å². The number of carboxylic acids is 1. The molecule has 0 aromatic rings. The number of carbonyl (C=O) groups is 1. The van der Waals surface area contributed by atoms with Crippen LogP contribution in [0.25, 0.3) is 0 Å². The van der Waals surface area contributed by atoms with Crippen molar-refractivity contribution in [3.8, 4) is 0 Å². The van der Waals surface area contributed by atoms with E-state index in [1.807, 2.05) is 13.8 Å². The second-order valence-electron chi connectivity index (χ2n) is 4.70. The van der Waals surface area contributed by atoms with Gasteiger partial charge in [0.2, 0.25) is 0 Å². The Morgan fingerprint density at radius 3 is 2.56 bits per heavy atom. The molecule has 0 radical (unpaired) electrons. The Morgan fingerprint density at radius 1 is 1.44 bits per heavy atom. The molecule has 0 aliphatic rings. The lowest BCUT2D eigenvalue weighted by atomic mass is 9.99. The van der Waals surface area contributed by atoms with E-state index in [9.17, 15) is 4.79 Å². The Hall–Kier alpha value is -0.650. The zero-order chi connectivity index (χ0) is 14.0. The zero-order valence-corrected chi connectivity index (χ0v) is 11.8. The lowest BCUT2D eigenvalue weighted by molar-refractivity contribution is -0.140. The van der Waals surface area contributed by atoms with Crippen LogP contribution in [0.15, 0.2) is 0 Å². The van der Waals surface area contributed by atoms with Crippen LogP contribution in [-0.2, 0) is 14.3 Å². The molecule has 0 fully saturated rings. The predicted molar refractivity (Wildman–Crippen MR) is 70.6 cm³/mol. The molecule has 0 saturated carbocycles. The van der Waals surface area contributed by atoms with Gasteiger partial charge in [-0.3, -0.25) is 4.79 Å². The van der Waals surface area contributed by atoms with Crippen LogP contribution < -0.4 is 5.73 Å². The van der Waals surface area contributed by atoms with Gasteiger partial charge in [-0.2, -0.15) is 0 Å². The van der Waals surface area contributed by atoms with E-state index in [2.05, 4.69) is 6.92 Å². The van der Waals surface area contributed by atoms with Gasteiger partial charge in [0.15, 0.2) is 0 Å².